The van der Waals surface area contributed by atoms with Crippen LogP contribution < -0.4 is 10.1 Å². The second-order valence-corrected chi connectivity index (χ2v) is 6.59. The molecule has 2 nitrogen and oxygen atoms in total. The lowest BCUT2D eigenvalue weighted by atomic mass is 10.2. The van der Waals surface area contributed by atoms with Crippen LogP contribution in [0.2, 0.25) is 0 Å². The fourth-order valence-electron chi connectivity index (χ4n) is 1.55. The van der Waals surface area contributed by atoms with Crippen LogP contribution in [0.4, 0.5) is 0 Å². The summed E-state index contributed by atoms with van der Waals surface area (Å²) in [7, 11) is 0. The van der Waals surface area contributed by atoms with Gasteiger partial charge in [-0.2, -0.15) is 0 Å². The van der Waals surface area contributed by atoms with Crippen molar-refractivity contribution >= 4 is 43.5 Å². The van der Waals surface area contributed by atoms with Crippen molar-refractivity contribution in [1.82, 2.24) is 5.32 Å². The minimum atomic E-state index is 0.304. The summed E-state index contributed by atoms with van der Waals surface area (Å²) < 4.78 is 7.41. The van der Waals surface area contributed by atoms with Gasteiger partial charge >= 0.3 is 0 Å². The van der Waals surface area contributed by atoms with Crippen LogP contribution in [-0.4, -0.2) is 12.6 Å². The van der Waals surface area contributed by atoms with Gasteiger partial charge in [-0.3, -0.25) is 0 Å². The third-order valence-electron chi connectivity index (χ3n) is 2.60. The molecule has 0 amide bonds. The summed E-state index contributed by atoms with van der Waals surface area (Å²) >= 11 is 12.7. The van der Waals surface area contributed by atoms with Gasteiger partial charge in [0.25, 0.3) is 0 Å². The Balaban J connectivity index is 2.04. The molecule has 1 N–H and O–H groups in total. The minimum absolute atomic E-state index is 0.304. The van der Waals surface area contributed by atoms with Crippen molar-refractivity contribution in [2.45, 2.75) is 25.4 Å². The van der Waals surface area contributed by atoms with Crippen LogP contribution in [0.15, 0.2) is 32.7 Å². The Labute approximate surface area is 129 Å². The van der Waals surface area contributed by atoms with E-state index >= 15 is 0 Å². The summed E-state index contributed by atoms with van der Waals surface area (Å²) in [6.45, 7) is 4.79. The lowest BCUT2D eigenvalue weighted by Crippen LogP contribution is -2.15. The molecule has 98 valence electrons. The van der Waals surface area contributed by atoms with Crippen molar-refractivity contribution in [3.8, 4) is 5.75 Å². The molecule has 1 aromatic carbocycles. The molecule has 0 aliphatic heterocycles. The maximum Gasteiger partial charge on any atom is 0.148 e. The van der Waals surface area contributed by atoms with Gasteiger partial charge in [-0.1, -0.05) is 18.2 Å². The van der Waals surface area contributed by atoms with Crippen molar-refractivity contribution in [3.63, 3.8) is 0 Å². The van der Waals surface area contributed by atoms with E-state index in [2.05, 4.69) is 55.9 Å². The van der Waals surface area contributed by atoms with Crippen molar-refractivity contribution in [2.75, 3.05) is 6.61 Å². The van der Waals surface area contributed by atoms with Crippen molar-refractivity contribution in [1.29, 1.82) is 0 Å². The topological polar surface area (TPSA) is 21.3 Å². The third-order valence-corrected chi connectivity index (χ3v) is 3.89. The van der Waals surface area contributed by atoms with Crippen LogP contribution in [0.25, 0.3) is 0 Å². The van der Waals surface area contributed by atoms with Crippen LogP contribution in [0.3, 0.4) is 0 Å². The molecule has 1 saturated carbocycles. The zero-order chi connectivity index (χ0) is 13.1. The SMILES string of the molecule is C=C(Cl)COc1c(Br)cc(CNC2CC2)cc1Br. The monoisotopic (exact) mass is 393 g/mol. The van der Waals surface area contributed by atoms with E-state index in [-0.39, 0.29) is 0 Å². The summed E-state index contributed by atoms with van der Waals surface area (Å²) in [5.74, 6) is 0.756. The van der Waals surface area contributed by atoms with E-state index in [0.29, 0.717) is 17.7 Å². The first-order valence-electron chi connectivity index (χ1n) is 5.73. The van der Waals surface area contributed by atoms with E-state index < -0.39 is 0 Å². The molecule has 2 rings (SSSR count). The smallest absolute Gasteiger partial charge is 0.148 e. The number of benzene rings is 1. The highest BCUT2D eigenvalue weighted by Gasteiger charge is 2.20. The maximum atomic E-state index is 5.70. The predicted molar refractivity (Wildman–Crippen MR) is 82.2 cm³/mol. The zero-order valence-electron chi connectivity index (χ0n) is 9.81. The van der Waals surface area contributed by atoms with Gasteiger partial charge in [0.1, 0.15) is 12.4 Å². The number of rotatable bonds is 6. The maximum absolute atomic E-state index is 5.70. The number of hydrogen-bond donors (Lipinski definition) is 1. The number of halogens is 3. The third kappa shape index (κ3) is 4.26. The van der Waals surface area contributed by atoms with Gasteiger partial charge in [-0.25, -0.2) is 0 Å². The summed E-state index contributed by atoms with van der Waals surface area (Å²) in [5, 5.41) is 3.96. The highest BCUT2D eigenvalue weighted by molar-refractivity contribution is 9.11. The molecule has 0 unspecified atom stereocenters. The van der Waals surface area contributed by atoms with Gasteiger partial charge in [-0.05, 0) is 62.4 Å². The van der Waals surface area contributed by atoms with E-state index in [1.54, 1.807) is 0 Å². The zero-order valence-corrected chi connectivity index (χ0v) is 13.7. The second-order valence-electron chi connectivity index (χ2n) is 4.35. The highest BCUT2D eigenvalue weighted by atomic mass is 79.9. The van der Waals surface area contributed by atoms with E-state index in [4.69, 9.17) is 16.3 Å². The summed E-state index contributed by atoms with van der Waals surface area (Å²) in [4.78, 5) is 0. The molecule has 18 heavy (non-hydrogen) atoms. The van der Waals surface area contributed by atoms with E-state index in [0.717, 1.165) is 21.2 Å². The average Bonchev–Trinajstić information content (AvgIpc) is 3.08. The molecule has 1 fully saturated rings. The van der Waals surface area contributed by atoms with E-state index in [9.17, 15) is 0 Å². The molecule has 1 aliphatic carbocycles. The highest BCUT2D eigenvalue weighted by Crippen LogP contribution is 2.35. The molecule has 1 aliphatic rings. The van der Waals surface area contributed by atoms with Crippen LogP contribution >= 0.6 is 43.5 Å². The number of nitrogens with one attached hydrogen (secondary N) is 1. The Bertz CT molecular complexity index is 437. The number of hydrogen-bond acceptors (Lipinski definition) is 2. The van der Waals surface area contributed by atoms with Gasteiger partial charge in [0.05, 0.1) is 8.95 Å². The van der Waals surface area contributed by atoms with Gasteiger partial charge in [0.15, 0.2) is 0 Å². The molecular weight excluding hydrogens is 381 g/mol. The van der Waals surface area contributed by atoms with E-state index in [1.165, 1.54) is 18.4 Å². The fourth-order valence-corrected chi connectivity index (χ4v) is 3.12. The van der Waals surface area contributed by atoms with Gasteiger partial charge in [0, 0.05) is 17.6 Å². The van der Waals surface area contributed by atoms with Crippen LogP contribution in [-0.2, 0) is 6.54 Å². The van der Waals surface area contributed by atoms with Gasteiger partial charge < -0.3 is 10.1 Å². The molecule has 0 bridgehead atoms. The van der Waals surface area contributed by atoms with Crippen molar-refractivity contribution in [2.24, 2.45) is 0 Å². The summed E-state index contributed by atoms with van der Waals surface area (Å²) in [5.41, 5.74) is 1.22. The van der Waals surface area contributed by atoms with Gasteiger partial charge in [-0.15, -0.1) is 0 Å². The van der Waals surface area contributed by atoms with Crippen molar-refractivity contribution in [3.05, 3.63) is 38.3 Å². The summed E-state index contributed by atoms with van der Waals surface area (Å²) in [6.07, 6.45) is 2.59. The molecule has 5 heteroatoms. The Morgan fingerprint density at radius 1 is 1.39 bits per heavy atom. The van der Waals surface area contributed by atoms with E-state index in [1.807, 2.05) is 0 Å². The molecule has 0 heterocycles. The Hall–Kier alpha value is -0.0300. The molecular formula is C13H14Br2ClNO. The first kappa shape index (κ1) is 14.4. The molecule has 1 aromatic rings. The van der Waals surface area contributed by atoms with Crippen LogP contribution in [0.1, 0.15) is 18.4 Å². The fraction of sp³-hybridized carbons (Fsp3) is 0.385. The molecule has 0 atom stereocenters. The minimum Gasteiger partial charge on any atom is -0.486 e. The average molecular weight is 396 g/mol. The second kappa shape index (κ2) is 6.42. The molecule has 0 aromatic heterocycles. The lowest BCUT2D eigenvalue weighted by molar-refractivity contribution is 0.355. The first-order valence-corrected chi connectivity index (χ1v) is 7.70. The van der Waals surface area contributed by atoms with Crippen molar-refractivity contribution < 1.29 is 4.74 Å². The van der Waals surface area contributed by atoms with Crippen LogP contribution in [0.5, 0.6) is 5.75 Å². The van der Waals surface area contributed by atoms with Gasteiger partial charge in [0.2, 0.25) is 0 Å². The Kier molecular flexibility index (Phi) is 5.13. The van der Waals surface area contributed by atoms with Crippen LogP contribution in [0, 0.1) is 0 Å². The molecule has 0 spiro atoms. The predicted octanol–water partition coefficient (Wildman–Crippen LogP) is 4.59. The molecule has 0 radical (unpaired) electrons. The Morgan fingerprint density at radius 2 is 2.00 bits per heavy atom. The largest absolute Gasteiger partial charge is 0.486 e. The molecule has 0 saturated heterocycles. The normalized spacial score (nSPS) is 14.6. The first-order chi connectivity index (χ1) is 8.56. The Morgan fingerprint density at radius 3 is 2.50 bits per heavy atom. The standard InChI is InChI=1S/C13H14Br2ClNO/c1-8(16)7-18-13-11(14)4-9(5-12(13)15)6-17-10-2-3-10/h4-5,10,17H,1-3,6-7H2. The summed E-state index contributed by atoms with van der Waals surface area (Å²) in [6, 6.07) is 4.83. The number of ether oxygens (including phenoxy) is 1. The lowest BCUT2D eigenvalue weighted by Gasteiger charge is -2.12. The quantitative estimate of drug-likeness (QED) is 0.760.